The number of pyridine rings is 2. The van der Waals surface area contributed by atoms with E-state index in [4.69, 9.17) is 16.3 Å². The van der Waals surface area contributed by atoms with Crippen molar-refractivity contribution in [1.29, 1.82) is 0 Å². The molecule has 1 atom stereocenters. The van der Waals surface area contributed by atoms with Crippen molar-refractivity contribution in [2.45, 2.75) is 6.04 Å². The largest absolute Gasteiger partial charge is 0.487 e. The average molecular weight is 429 g/mol. The average Bonchev–Trinajstić information content (AvgIpc) is 2.86. The lowest BCUT2D eigenvalue weighted by molar-refractivity contribution is -0.120. The highest BCUT2D eigenvalue weighted by atomic mass is 35.5. The molecule has 1 aliphatic heterocycles. The fraction of sp³-hybridized carbons (Fsp3) is 0.158. The summed E-state index contributed by atoms with van der Waals surface area (Å²) in [5, 5.41) is 2.68. The number of ether oxygens (including phenoxy) is 1. The number of aromatic nitrogens is 4. The number of carbonyl (C=O) groups excluding carboxylic acids is 2. The summed E-state index contributed by atoms with van der Waals surface area (Å²) in [6.07, 6.45) is 5.16. The molecule has 0 fully saturated rings. The molecule has 3 aromatic rings. The first-order valence-electron chi connectivity index (χ1n) is 8.73. The van der Waals surface area contributed by atoms with Crippen molar-refractivity contribution in [3.05, 3.63) is 59.7 Å². The Morgan fingerprint density at radius 1 is 1.33 bits per heavy atom. The minimum atomic E-state index is -0.990. The molecule has 9 nitrogen and oxygen atoms in total. The first-order valence-corrected chi connectivity index (χ1v) is 9.11. The van der Waals surface area contributed by atoms with Gasteiger partial charge in [-0.25, -0.2) is 19.3 Å². The van der Waals surface area contributed by atoms with Gasteiger partial charge < -0.3 is 10.1 Å². The number of hydrogen-bond donors (Lipinski definition) is 1. The number of nitrogens with one attached hydrogen (secondary N) is 1. The third kappa shape index (κ3) is 3.77. The fourth-order valence-electron chi connectivity index (χ4n) is 2.88. The van der Waals surface area contributed by atoms with E-state index in [9.17, 15) is 14.0 Å². The van der Waals surface area contributed by atoms with E-state index >= 15 is 0 Å². The van der Waals surface area contributed by atoms with Crippen molar-refractivity contribution in [2.75, 3.05) is 18.6 Å². The van der Waals surface area contributed by atoms with Crippen molar-refractivity contribution in [3.63, 3.8) is 0 Å². The Balaban J connectivity index is 1.57. The van der Waals surface area contributed by atoms with E-state index in [1.165, 1.54) is 36.6 Å². The zero-order chi connectivity index (χ0) is 21.3. The van der Waals surface area contributed by atoms with Crippen LogP contribution in [0.3, 0.4) is 0 Å². The molecular weight excluding hydrogens is 415 g/mol. The number of fused-ring (bicyclic) bond motifs is 1. The van der Waals surface area contributed by atoms with Crippen LogP contribution in [0.5, 0.6) is 5.75 Å². The summed E-state index contributed by atoms with van der Waals surface area (Å²) in [5.41, 5.74) is 0.424. The van der Waals surface area contributed by atoms with Crippen LogP contribution in [0.1, 0.15) is 10.6 Å². The maximum absolute atomic E-state index is 13.5. The number of amides is 2. The van der Waals surface area contributed by atoms with Crippen LogP contribution in [-0.2, 0) is 4.79 Å². The van der Waals surface area contributed by atoms with Crippen LogP contribution in [0.25, 0.3) is 11.3 Å². The van der Waals surface area contributed by atoms with Crippen LogP contribution >= 0.6 is 11.6 Å². The van der Waals surface area contributed by atoms with Gasteiger partial charge in [-0.3, -0.25) is 19.5 Å². The predicted molar refractivity (Wildman–Crippen MR) is 105 cm³/mol. The quantitative estimate of drug-likeness (QED) is 0.678. The number of halogens is 2. The first kappa shape index (κ1) is 19.6. The lowest BCUT2D eigenvalue weighted by Gasteiger charge is -2.19. The number of hydrogen-bond acceptors (Lipinski definition) is 7. The number of nitrogens with zero attached hydrogens (tertiary/aromatic N) is 5. The van der Waals surface area contributed by atoms with Gasteiger partial charge in [-0.15, -0.1) is 0 Å². The van der Waals surface area contributed by atoms with E-state index in [1.54, 1.807) is 12.1 Å². The van der Waals surface area contributed by atoms with Gasteiger partial charge in [0.15, 0.2) is 11.6 Å². The van der Waals surface area contributed by atoms with Gasteiger partial charge in [-0.1, -0.05) is 11.6 Å². The zero-order valence-corrected chi connectivity index (χ0v) is 16.3. The summed E-state index contributed by atoms with van der Waals surface area (Å²) in [6, 6.07) is 3.55. The molecule has 11 heteroatoms. The Hall–Kier alpha value is -3.66. The minimum absolute atomic E-state index is 0.0954. The summed E-state index contributed by atoms with van der Waals surface area (Å²) in [7, 11) is 1.54. The number of carbonyl (C=O) groups is 2. The lowest BCUT2D eigenvalue weighted by atomic mass is 10.2. The zero-order valence-electron chi connectivity index (χ0n) is 15.5. The Labute approximate surface area is 174 Å². The van der Waals surface area contributed by atoms with Gasteiger partial charge in [0.2, 0.25) is 5.82 Å². The maximum atomic E-state index is 13.5. The first-order chi connectivity index (χ1) is 14.4. The molecule has 0 radical (unpaired) electrons. The molecule has 1 N–H and O–H groups in total. The molecule has 1 aliphatic rings. The van der Waals surface area contributed by atoms with Gasteiger partial charge in [0.25, 0.3) is 11.8 Å². The van der Waals surface area contributed by atoms with Gasteiger partial charge >= 0.3 is 0 Å². The monoisotopic (exact) mass is 428 g/mol. The van der Waals surface area contributed by atoms with Crippen molar-refractivity contribution in [2.24, 2.45) is 0 Å². The third-order valence-corrected chi connectivity index (χ3v) is 4.61. The number of rotatable bonds is 3. The van der Waals surface area contributed by atoms with Crippen molar-refractivity contribution < 1.29 is 18.7 Å². The van der Waals surface area contributed by atoms with Gasteiger partial charge in [-0.2, -0.15) is 0 Å². The summed E-state index contributed by atoms with van der Waals surface area (Å²) in [5.74, 6) is -1.17. The van der Waals surface area contributed by atoms with Crippen LogP contribution in [0, 0.1) is 5.82 Å². The molecule has 0 unspecified atom stereocenters. The van der Waals surface area contributed by atoms with E-state index in [-0.39, 0.29) is 28.7 Å². The SMILES string of the molecule is CN1C(=O)[C@@H](NC(=O)c2ncc(Cl)c(-c3cncc(F)c3)n2)COc2cccnc21. The second-order valence-electron chi connectivity index (χ2n) is 6.34. The Kier molecular flexibility index (Phi) is 5.23. The molecule has 0 bridgehead atoms. The van der Waals surface area contributed by atoms with Crippen LogP contribution in [-0.4, -0.2) is 51.4 Å². The Morgan fingerprint density at radius 3 is 2.97 bits per heavy atom. The summed E-state index contributed by atoms with van der Waals surface area (Å²) < 4.78 is 19.1. The van der Waals surface area contributed by atoms with E-state index in [2.05, 4.69) is 25.3 Å². The predicted octanol–water partition coefficient (Wildman–Crippen LogP) is 1.88. The molecule has 0 saturated heterocycles. The second-order valence-corrected chi connectivity index (χ2v) is 6.75. The minimum Gasteiger partial charge on any atom is -0.487 e. The second kappa shape index (κ2) is 7.99. The Morgan fingerprint density at radius 2 is 2.17 bits per heavy atom. The van der Waals surface area contributed by atoms with Gasteiger partial charge in [0.05, 0.1) is 23.1 Å². The molecule has 4 rings (SSSR count). The standard InChI is InChI=1S/C19H14ClFN6O3/c1-27-17-14(3-2-4-23-17)30-9-13(19(27)29)25-18(28)16-24-8-12(20)15(26-16)10-5-11(21)7-22-6-10/h2-8,13H,9H2,1H3,(H,25,28)/t13-/m0/s1. The van der Waals surface area contributed by atoms with Gasteiger partial charge in [0, 0.05) is 25.0 Å². The number of anilines is 1. The van der Waals surface area contributed by atoms with Crippen molar-refractivity contribution >= 4 is 29.2 Å². The highest BCUT2D eigenvalue weighted by Gasteiger charge is 2.32. The molecular formula is C19H14ClFN6O3. The normalized spacial score (nSPS) is 15.8. The molecule has 0 aromatic carbocycles. The van der Waals surface area contributed by atoms with Crippen LogP contribution in [0.2, 0.25) is 5.02 Å². The molecule has 2 amide bonds. The van der Waals surface area contributed by atoms with E-state index in [1.807, 2.05) is 0 Å². The van der Waals surface area contributed by atoms with E-state index in [0.29, 0.717) is 11.6 Å². The highest BCUT2D eigenvalue weighted by Crippen LogP contribution is 2.28. The fourth-order valence-corrected chi connectivity index (χ4v) is 3.08. The summed E-state index contributed by atoms with van der Waals surface area (Å²) in [4.78, 5) is 42.7. The summed E-state index contributed by atoms with van der Waals surface area (Å²) in [6.45, 7) is -0.0954. The lowest BCUT2D eigenvalue weighted by Crippen LogP contribution is -2.49. The Bertz CT molecular complexity index is 1140. The topological polar surface area (TPSA) is 110 Å². The molecule has 3 aromatic heterocycles. The van der Waals surface area contributed by atoms with Crippen molar-refractivity contribution in [3.8, 4) is 17.0 Å². The van der Waals surface area contributed by atoms with Gasteiger partial charge in [-0.05, 0) is 18.2 Å². The van der Waals surface area contributed by atoms with E-state index < -0.39 is 23.7 Å². The highest BCUT2D eigenvalue weighted by molar-refractivity contribution is 6.32. The van der Waals surface area contributed by atoms with Crippen LogP contribution in [0.15, 0.2) is 43.0 Å². The molecule has 0 aliphatic carbocycles. The number of likely N-dealkylation sites (N-methyl/N-ethyl adjacent to an activating group) is 1. The molecule has 0 spiro atoms. The van der Waals surface area contributed by atoms with Crippen molar-refractivity contribution in [1.82, 2.24) is 25.3 Å². The maximum Gasteiger partial charge on any atom is 0.289 e. The molecule has 152 valence electrons. The van der Waals surface area contributed by atoms with E-state index in [0.717, 1.165) is 6.20 Å². The van der Waals surface area contributed by atoms with Crippen LogP contribution < -0.4 is 15.0 Å². The molecule has 0 saturated carbocycles. The molecule has 30 heavy (non-hydrogen) atoms. The van der Waals surface area contributed by atoms with Crippen LogP contribution in [0.4, 0.5) is 10.2 Å². The third-order valence-electron chi connectivity index (χ3n) is 4.33. The molecule has 4 heterocycles. The summed E-state index contributed by atoms with van der Waals surface area (Å²) >= 11 is 6.10. The van der Waals surface area contributed by atoms with Gasteiger partial charge in [0.1, 0.15) is 18.5 Å². The smallest absolute Gasteiger partial charge is 0.289 e.